The van der Waals surface area contributed by atoms with Crippen LogP contribution in [0.4, 0.5) is 0 Å². The molecule has 0 bridgehead atoms. The van der Waals surface area contributed by atoms with Gasteiger partial charge in [0, 0.05) is 28.2 Å². The number of likely N-dealkylation sites (tertiary alicyclic amines) is 1. The molecule has 0 radical (unpaired) electrons. The molecule has 0 amide bonds. The van der Waals surface area contributed by atoms with Crippen molar-refractivity contribution in [1.29, 1.82) is 0 Å². The summed E-state index contributed by atoms with van der Waals surface area (Å²) in [6, 6.07) is 8.24. The van der Waals surface area contributed by atoms with Gasteiger partial charge in [0.15, 0.2) is 0 Å². The highest BCUT2D eigenvalue weighted by atomic mass is 35.5. The average Bonchev–Trinajstić information content (AvgIpc) is 2.60. The summed E-state index contributed by atoms with van der Waals surface area (Å²) in [4.78, 5) is 6.03. The second kappa shape index (κ2) is 5.33. The second-order valence-electron chi connectivity index (χ2n) is 5.19. The van der Waals surface area contributed by atoms with Gasteiger partial charge in [-0.3, -0.25) is 4.90 Å². The Morgan fingerprint density at radius 1 is 1.11 bits per heavy atom. The van der Waals surface area contributed by atoms with Crippen molar-refractivity contribution in [2.75, 3.05) is 13.1 Å². The first kappa shape index (κ1) is 12.1. The first-order valence-electron chi connectivity index (χ1n) is 6.81. The minimum Gasteiger partial charge on any atom is -0.357 e. The maximum atomic E-state index is 6.21. The zero-order valence-corrected chi connectivity index (χ0v) is 11.3. The molecule has 2 nitrogen and oxygen atoms in total. The normalized spacial score (nSPS) is 18.1. The Bertz CT molecular complexity index is 524. The first-order valence-corrected chi connectivity index (χ1v) is 7.19. The van der Waals surface area contributed by atoms with Gasteiger partial charge in [-0.15, -0.1) is 0 Å². The topological polar surface area (TPSA) is 19.0 Å². The van der Waals surface area contributed by atoms with E-state index >= 15 is 0 Å². The summed E-state index contributed by atoms with van der Waals surface area (Å²) in [5.41, 5.74) is 2.42. The molecule has 0 saturated carbocycles. The fourth-order valence-electron chi connectivity index (χ4n) is 2.80. The van der Waals surface area contributed by atoms with Gasteiger partial charge in [-0.2, -0.15) is 0 Å². The summed E-state index contributed by atoms with van der Waals surface area (Å²) >= 11 is 6.21. The van der Waals surface area contributed by atoms with Crippen LogP contribution in [0.1, 0.15) is 31.4 Å². The average molecular weight is 263 g/mol. The number of benzene rings is 1. The lowest BCUT2D eigenvalue weighted by molar-refractivity contribution is 0.274. The third-order valence-corrected chi connectivity index (χ3v) is 4.09. The predicted octanol–water partition coefficient (Wildman–Crippen LogP) is 4.20. The van der Waals surface area contributed by atoms with Gasteiger partial charge in [0.1, 0.15) is 0 Å². The van der Waals surface area contributed by atoms with E-state index in [1.54, 1.807) is 0 Å². The van der Waals surface area contributed by atoms with E-state index in [9.17, 15) is 0 Å². The van der Waals surface area contributed by atoms with Crippen molar-refractivity contribution < 1.29 is 0 Å². The summed E-state index contributed by atoms with van der Waals surface area (Å²) in [6.45, 7) is 3.47. The summed E-state index contributed by atoms with van der Waals surface area (Å²) in [7, 11) is 0. The minimum atomic E-state index is 0.839. The molecule has 1 fully saturated rings. The van der Waals surface area contributed by atoms with Crippen molar-refractivity contribution in [1.82, 2.24) is 9.88 Å². The Hall–Kier alpha value is -0.990. The number of fused-ring (bicyclic) bond motifs is 1. The highest BCUT2D eigenvalue weighted by Gasteiger charge is 2.11. The molecule has 2 aromatic rings. The van der Waals surface area contributed by atoms with Gasteiger partial charge in [-0.25, -0.2) is 0 Å². The number of halogens is 1. The Morgan fingerprint density at radius 3 is 2.61 bits per heavy atom. The van der Waals surface area contributed by atoms with Gasteiger partial charge in [-0.1, -0.05) is 30.5 Å². The SMILES string of the molecule is Clc1cccc2[nH]c(CN3CCCCCC3)cc12. The van der Waals surface area contributed by atoms with Gasteiger partial charge in [0.2, 0.25) is 0 Å². The molecule has 1 aromatic carbocycles. The van der Waals surface area contributed by atoms with Gasteiger partial charge in [-0.05, 0) is 44.1 Å². The number of hydrogen-bond acceptors (Lipinski definition) is 1. The van der Waals surface area contributed by atoms with E-state index in [0.29, 0.717) is 0 Å². The van der Waals surface area contributed by atoms with Crippen molar-refractivity contribution >= 4 is 22.5 Å². The van der Waals surface area contributed by atoms with Crippen LogP contribution in [0.15, 0.2) is 24.3 Å². The number of nitrogens with one attached hydrogen (secondary N) is 1. The van der Waals surface area contributed by atoms with Crippen LogP contribution in [0.2, 0.25) is 5.02 Å². The van der Waals surface area contributed by atoms with Crippen LogP contribution in [0.25, 0.3) is 10.9 Å². The van der Waals surface area contributed by atoms with E-state index in [1.807, 2.05) is 12.1 Å². The highest BCUT2D eigenvalue weighted by Crippen LogP contribution is 2.24. The molecule has 96 valence electrons. The number of nitrogens with zero attached hydrogens (tertiary/aromatic N) is 1. The Balaban J connectivity index is 1.79. The molecule has 3 rings (SSSR count). The Morgan fingerprint density at radius 2 is 1.89 bits per heavy atom. The minimum absolute atomic E-state index is 0.839. The Labute approximate surface area is 113 Å². The quantitative estimate of drug-likeness (QED) is 0.860. The van der Waals surface area contributed by atoms with E-state index in [2.05, 4.69) is 22.0 Å². The summed E-state index contributed by atoms with van der Waals surface area (Å²) in [6.07, 6.45) is 5.44. The number of hydrogen-bond donors (Lipinski definition) is 1. The molecule has 0 spiro atoms. The maximum absolute atomic E-state index is 6.21. The molecular formula is C15H19ClN2. The van der Waals surface area contributed by atoms with Crippen molar-refractivity contribution in [2.24, 2.45) is 0 Å². The molecule has 1 saturated heterocycles. The van der Waals surface area contributed by atoms with Gasteiger partial charge >= 0.3 is 0 Å². The van der Waals surface area contributed by atoms with Gasteiger partial charge in [0.05, 0.1) is 0 Å². The highest BCUT2D eigenvalue weighted by molar-refractivity contribution is 6.35. The maximum Gasteiger partial charge on any atom is 0.0499 e. The molecule has 1 aliphatic heterocycles. The van der Waals surface area contributed by atoms with Crippen LogP contribution in [0, 0.1) is 0 Å². The molecule has 1 N–H and O–H groups in total. The second-order valence-corrected chi connectivity index (χ2v) is 5.59. The van der Waals surface area contributed by atoms with Crippen molar-refractivity contribution in [3.63, 3.8) is 0 Å². The lowest BCUT2D eigenvalue weighted by Crippen LogP contribution is -2.24. The zero-order chi connectivity index (χ0) is 12.4. The van der Waals surface area contributed by atoms with Gasteiger partial charge < -0.3 is 4.98 Å². The van der Waals surface area contributed by atoms with E-state index in [0.717, 1.165) is 22.5 Å². The lowest BCUT2D eigenvalue weighted by Gasteiger charge is -2.18. The molecule has 0 aliphatic carbocycles. The molecule has 3 heteroatoms. The van der Waals surface area contributed by atoms with Crippen molar-refractivity contribution in [3.05, 3.63) is 35.0 Å². The molecule has 0 atom stereocenters. The zero-order valence-electron chi connectivity index (χ0n) is 10.6. The molecule has 1 aromatic heterocycles. The van der Waals surface area contributed by atoms with Crippen molar-refractivity contribution in [3.8, 4) is 0 Å². The summed E-state index contributed by atoms with van der Waals surface area (Å²) < 4.78 is 0. The molecule has 0 unspecified atom stereocenters. The predicted molar refractivity (Wildman–Crippen MR) is 77.1 cm³/mol. The summed E-state index contributed by atoms with van der Waals surface area (Å²) in [5, 5.41) is 1.98. The molecule has 1 aliphatic rings. The van der Waals surface area contributed by atoms with Gasteiger partial charge in [0.25, 0.3) is 0 Å². The molecule has 18 heavy (non-hydrogen) atoms. The standard InChI is InChI=1S/C15H19ClN2/c16-14-6-5-7-15-13(14)10-12(17-15)11-18-8-3-1-2-4-9-18/h5-7,10,17H,1-4,8-9,11H2. The van der Waals surface area contributed by atoms with E-state index in [-0.39, 0.29) is 0 Å². The third-order valence-electron chi connectivity index (χ3n) is 3.76. The van der Waals surface area contributed by atoms with Crippen LogP contribution in [-0.4, -0.2) is 23.0 Å². The fraction of sp³-hybridized carbons (Fsp3) is 0.467. The smallest absolute Gasteiger partial charge is 0.0499 e. The molecule has 2 heterocycles. The monoisotopic (exact) mass is 262 g/mol. The Kier molecular flexibility index (Phi) is 3.57. The van der Waals surface area contributed by atoms with E-state index < -0.39 is 0 Å². The van der Waals surface area contributed by atoms with Crippen LogP contribution >= 0.6 is 11.6 Å². The largest absolute Gasteiger partial charge is 0.357 e. The van der Waals surface area contributed by atoms with Crippen molar-refractivity contribution in [2.45, 2.75) is 32.2 Å². The molecular weight excluding hydrogens is 244 g/mol. The van der Waals surface area contributed by atoms with E-state index in [4.69, 9.17) is 11.6 Å². The fourth-order valence-corrected chi connectivity index (χ4v) is 3.03. The van der Waals surface area contributed by atoms with Crippen LogP contribution in [-0.2, 0) is 6.54 Å². The van der Waals surface area contributed by atoms with Crippen LogP contribution in [0.3, 0.4) is 0 Å². The summed E-state index contributed by atoms with van der Waals surface area (Å²) in [5.74, 6) is 0. The first-order chi connectivity index (χ1) is 8.83. The lowest BCUT2D eigenvalue weighted by atomic mass is 10.2. The number of aromatic nitrogens is 1. The third kappa shape index (κ3) is 2.55. The van der Waals surface area contributed by atoms with Crippen LogP contribution in [0.5, 0.6) is 0 Å². The number of aromatic amines is 1. The number of rotatable bonds is 2. The number of H-pyrrole nitrogens is 1. The van der Waals surface area contributed by atoms with Crippen LogP contribution < -0.4 is 0 Å². The van der Waals surface area contributed by atoms with E-state index in [1.165, 1.54) is 44.5 Å².